The lowest BCUT2D eigenvalue weighted by Gasteiger charge is -2.16. The standard InChI is InChI=1S/C26H25N7O3/c1-32-24(34)21(17-29-25(32)30-18-7-3-2-4-8-18)22-10-9-20(16-28-22)36-19-11-12-27-23(15-19)31-26(35)33-13-5-6-14-33/h2-4,7-12,15-17H,5-6,13-14H2,1H3,(H,29,30)(H,27,31,35). The molecule has 0 unspecified atom stereocenters. The summed E-state index contributed by atoms with van der Waals surface area (Å²) >= 11 is 0. The van der Waals surface area contributed by atoms with Crippen LogP contribution in [-0.4, -0.2) is 43.5 Å². The molecule has 0 saturated carbocycles. The molecule has 2 N–H and O–H groups in total. The van der Waals surface area contributed by atoms with Crippen molar-refractivity contribution in [1.29, 1.82) is 0 Å². The Bertz CT molecular complexity index is 1420. The third-order valence-electron chi connectivity index (χ3n) is 5.81. The number of carbonyl (C=O) groups is 1. The number of amides is 2. The molecule has 5 rings (SSSR count). The Morgan fingerprint density at radius 2 is 1.75 bits per heavy atom. The van der Waals surface area contributed by atoms with Crippen LogP contribution in [0, 0.1) is 0 Å². The van der Waals surface area contributed by atoms with Crippen LogP contribution in [0.1, 0.15) is 12.8 Å². The molecule has 1 aromatic carbocycles. The number of aromatic nitrogens is 4. The van der Waals surface area contributed by atoms with Gasteiger partial charge < -0.3 is 15.0 Å². The van der Waals surface area contributed by atoms with E-state index < -0.39 is 0 Å². The van der Waals surface area contributed by atoms with Crippen LogP contribution >= 0.6 is 0 Å². The van der Waals surface area contributed by atoms with E-state index in [1.54, 1.807) is 42.4 Å². The molecule has 0 aliphatic carbocycles. The van der Waals surface area contributed by atoms with Gasteiger partial charge in [-0.25, -0.2) is 14.8 Å². The minimum absolute atomic E-state index is 0.164. The van der Waals surface area contributed by atoms with E-state index in [1.807, 2.05) is 30.3 Å². The highest BCUT2D eigenvalue weighted by atomic mass is 16.5. The molecule has 1 aliphatic heterocycles. The zero-order chi connectivity index (χ0) is 24.9. The minimum Gasteiger partial charge on any atom is -0.456 e. The lowest BCUT2D eigenvalue weighted by Crippen LogP contribution is -2.32. The van der Waals surface area contributed by atoms with Crippen LogP contribution < -0.4 is 20.9 Å². The summed E-state index contributed by atoms with van der Waals surface area (Å²) in [6.45, 7) is 1.51. The van der Waals surface area contributed by atoms with Crippen LogP contribution in [0.25, 0.3) is 11.3 Å². The van der Waals surface area contributed by atoms with Gasteiger partial charge in [0.1, 0.15) is 17.3 Å². The van der Waals surface area contributed by atoms with Crippen LogP contribution in [0.2, 0.25) is 0 Å². The largest absolute Gasteiger partial charge is 0.456 e. The van der Waals surface area contributed by atoms with E-state index in [1.165, 1.54) is 17.0 Å². The maximum Gasteiger partial charge on any atom is 0.323 e. The summed E-state index contributed by atoms with van der Waals surface area (Å²) in [6, 6.07) is 16.1. The highest BCUT2D eigenvalue weighted by Crippen LogP contribution is 2.24. The molecule has 0 spiro atoms. The summed E-state index contributed by atoms with van der Waals surface area (Å²) in [5.41, 5.74) is 1.47. The van der Waals surface area contributed by atoms with Gasteiger partial charge in [0.15, 0.2) is 0 Å². The molecule has 1 saturated heterocycles. The maximum absolute atomic E-state index is 12.9. The zero-order valence-electron chi connectivity index (χ0n) is 19.7. The molecule has 4 aromatic rings. The van der Waals surface area contributed by atoms with E-state index in [-0.39, 0.29) is 11.6 Å². The van der Waals surface area contributed by atoms with Crippen molar-refractivity contribution in [3.8, 4) is 22.8 Å². The summed E-state index contributed by atoms with van der Waals surface area (Å²) in [6.07, 6.45) is 6.65. The SMILES string of the molecule is Cn1c(Nc2ccccc2)ncc(-c2ccc(Oc3ccnc(NC(=O)N4CCCC4)c3)cn2)c1=O. The molecule has 1 aliphatic rings. The van der Waals surface area contributed by atoms with Gasteiger partial charge in [-0.15, -0.1) is 0 Å². The monoisotopic (exact) mass is 483 g/mol. The average Bonchev–Trinajstić information content (AvgIpc) is 3.44. The molecule has 0 radical (unpaired) electrons. The van der Waals surface area contributed by atoms with Gasteiger partial charge in [-0.1, -0.05) is 18.2 Å². The molecule has 1 fully saturated rings. The third-order valence-corrected chi connectivity index (χ3v) is 5.81. The molecule has 2 amide bonds. The Morgan fingerprint density at radius 1 is 0.944 bits per heavy atom. The smallest absolute Gasteiger partial charge is 0.323 e. The summed E-state index contributed by atoms with van der Waals surface area (Å²) in [4.78, 5) is 40.0. The number of para-hydroxylation sites is 1. The topological polar surface area (TPSA) is 114 Å². The number of pyridine rings is 2. The number of rotatable bonds is 6. The fraction of sp³-hybridized carbons (Fsp3) is 0.192. The first kappa shape index (κ1) is 23.0. The average molecular weight is 484 g/mol. The number of hydrogen-bond acceptors (Lipinski definition) is 7. The molecular weight excluding hydrogens is 458 g/mol. The van der Waals surface area contributed by atoms with Crippen LogP contribution in [0.3, 0.4) is 0 Å². The predicted octanol–water partition coefficient (Wildman–Crippen LogP) is 4.40. The van der Waals surface area contributed by atoms with Crippen LogP contribution in [0.5, 0.6) is 11.5 Å². The lowest BCUT2D eigenvalue weighted by molar-refractivity contribution is 0.222. The second-order valence-electron chi connectivity index (χ2n) is 8.33. The molecule has 0 bridgehead atoms. The number of hydrogen-bond donors (Lipinski definition) is 2. The van der Waals surface area contributed by atoms with Crippen LogP contribution in [-0.2, 0) is 7.05 Å². The Morgan fingerprint density at radius 3 is 2.50 bits per heavy atom. The Labute approximate surface area is 207 Å². The summed E-state index contributed by atoms with van der Waals surface area (Å²) in [5.74, 6) is 1.83. The summed E-state index contributed by atoms with van der Waals surface area (Å²) in [7, 11) is 1.66. The zero-order valence-corrected chi connectivity index (χ0v) is 19.7. The molecule has 36 heavy (non-hydrogen) atoms. The van der Waals surface area contributed by atoms with Gasteiger partial charge in [-0.3, -0.25) is 19.7 Å². The van der Waals surface area contributed by atoms with Crippen molar-refractivity contribution >= 4 is 23.5 Å². The van der Waals surface area contributed by atoms with Gasteiger partial charge in [-0.05, 0) is 43.2 Å². The predicted molar refractivity (Wildman–Crippen MR) is 137 cm³/mol. The summed E-state index contributed by atoms with van der Waals surface area (Å²) < 4.78 is 7.33. The fourth-order valence-electron chi connectivity index (χ4n) is 3.87. The quantitative estimate of drug-likeness (QED) is 0.418. The number of urea groups is 1. The molecular formula is C26H25N7O3. The first-order valence-corrected chi connectivity index (χ1v) is 11.6. The van der Waals surface area contributed by atoms with Crippen molar-refractivity contribution in [2.75, 3.05) is 23.7 Å². The van der Waals surface area contributed by atoms with Gasteiger partial charge in [0.05, 0.1) is 17.5 Å². The Kier molecular flexibility index (Phi) is 6.57. The van der Waals surface area contributed by atoms with Crippen molar-refractivity contribution in [3.05, 3.63) is 83.5 Å². The normalized spacial score (nSPS) is 12.9. The van der Waals surface area contributed by atoms with E-state index in [4.69, 9.17) is 4.74 Å². The van der Waals surface area contributed by atoms with Crippen molar-refractivity contribution in [1.82, 2.24) is 24.4 Å². The molecule has 10 nitrogen and oxygen atoms in total. The summed E-state index contributed by atoms with van der Waals surface area (Å²) in [5, 5.41) is 5.94. The molecule has 0 atom stereocenters. The Hall–Kier alpha value is -4.73. The van der Waals surface area contributed by atoms with Crippen LogP contribution in [0.15, 0.2) is 78.0 Å². The van der Waals surface area contributed by atoms with E-state index in [9.17, 15) is 9.59 Å². The van der Waals surface area contributed by atoms with Gasteiger partial charge in [0.25, 0.3) is 5.56 Å². The number of likely N-dealkylation sites (tertiary alicyclic amines) is 1. The van der Waals surface area contributed by atoms with Crippen molar-refractivity contribution in [2.45, 2.75) is 12.8 Å². The molecule has 10 heteroatoms. The lowest BCUT2D eigenvalue weighted by atomic mass is 10.2. The number of ether oxygens (including phenoxy) is 1. The van der Waals surface area contributed by atoms with Crippen molar-refractivity contribution in [3.63, 3.8) is 0 Å². The Balaban J connectivity index is 1.27. The van der Waals surface area contributed by atoms with Gasteiger partial charge >= 0.3 is 6.03 Å². The fourth-order valence-corrected chi connectivity index (χ4v) is 3.87. The number of nitrogens with one attached hydrogen (secondary N) is 2. The van der Waals surface area contributed by atoms with Gasteiger partial charge in [0.2, 0.25) is 5.95 Å². The first-order chi connectivity index (χ1) is 17.6. The van der Waals surface area contributed by atoms with Crippen molar-refractivity contribution in [2.24, 2.45) is 7.05 Å². The number of nitrogens with zero attached hydrogens (tertiary/aromatic N) is 5. The maximum atomic E-state index is 12.9. The van der Waals surface area contributed by atoms with E-state index in [2.05, 4.69) is 25.6 Å². The highest BCUT2D eigenvalue weighted by Gasteiger charge is 2.18. The second kappa shape index (κ2) is 10.3. The van der Waals surface area contributed by atoms with Crippen LogP contribution in [0.4, 0.5) is 22.2 Å². The van der Waals surface area contributed by atoms with E-state index >= 15 is 0 Å². The highest BCUT2D eigenvalue weighted by molar-refractivity contribution is 5.88. The minimum atomic E-state index is -0.225. The van der Waals surface area contributed by atoms with Gasteiger partial charge in [0, 0.05) is 44.3 Å². The second-order valence-corrected chi connectivity index (χ2v) is 8.33. The van der Waals surface area contributed by atoms with E-state index in [0.717, 1.165) is 31.6 Å². The third kappa shape index (κ3) is 5.17. The first-order valence-electron chi connectivity index (χ1n) is 11.6. The molecule has 182 valence electrons. The number of carbonyl (C=O) groups excluding carboxylic acids is 1. The number of benzene rings is 1. The molecule has 4 heterocycles. The number of anilines is 3. The molecule has 3 aromatic heterocycles. The van der Waals surface area contributed by atoms with Crippen molar-refractivity contribution < 1.29 is 9.53 Å². The van der Waals surface area contributed by atoms with E-state index in [0.29, 0.717) is 34.5 Å². The van der Waals surface area contributed by atoms with Gasteiger partial charge in [-0.2, -0.15) is 0 Å².